The first-order chi connectivity index (χ1) is 11.5. The van der Waals surface area contributed by atoms with Crippen LogP contribution in [0.15, 0.2) is 30.3 Å². The van der Waals surface area contributed by atoms with Crippen molar-refractivity contribution in [2.75, 3.05) is 12.0 Å². The highest BCUT2D eigenvalue weighted by Crippen LogP contribution is 2.38. The Morgan fingerprint density at radius 3 is 2.29 bits per heavy atom. The van der Waals surface area contributed by atoms with Crippen molar-refractivity contribution in [2.24, 2.45) is 0 Å². The van der Waals surface area contributed by atoms with Crippen molar-refractivity contribution in [1.82, 2.24) is 0 Å². The van der Waals surface area contributed by atoms with Crippen molar-refractivity contribution in [3.63, 3.8) is 0 Å². The van der Waals surface area contributed by atoms with Crippen LogP contribution in [0.2, 0.25) is 0 Å². The van der Waals surface area contributed by atoms with Crippen LogP contribution in [0, 0.1) is 6.92 Å². The lowest BCUT2D eigenvalue weighted by Gasteiger charge is -2.23. The SMILES string of the molecule is CCc1ccc(OC)c(CC)c1N1C(=O)c2ccc(C)cc2C1=O. The quantitative estimate of drug-likeness (QED) is 0.801. The number of fused-ring (bicyclic) bond motifs is 1. The van der Waals surface area contributed by atoms with Crippen LogP contribution < -0.4 is 9.64 Å². The molecule has 0 aliphatic carbocycles. The van der Waals surface area contributed by atoms with Crippen LogP contribution in [-0.2, 0) is 12.8 Å². The zero-order chi connectivity index (χ0) is 17.4. The van der Waals surface area contributed by atoms with E-state index in [1.807, 2.05) is 39.0 Å². The van der Waals surface area contributed by atoms with Gasteiger partial charge in [-0.3, -0.25) is 9.59 Å². The number of nitrogens with zero attached hydrogens (tertiary/aromatic N) is 1. The fourth-order valence-corrected chi connectivity index (χ4v) is 3.32. The molecule has 0 unspecified atom stereocenters. The number of carbonyl (C=O) groups is 2. The van der Waals surface area contributed by atoms with Crippen molar-refractivity contribution in [3.05, 3.63) is 58.1 Å². The highest BCUT2D eigenvalue weighted by atomic mass is 16.5. The molecule has 1 aliphatic rings. The van der Waals surface area contributed by atoms with Crippen molar-refractivity contribution < 1.29 is 14.3 Å². The van der Waals surface area contributed by atoms with Gasteiger partial charge in [0, 0.05) is 5.56 Å². The topological polar surface area (TPSA) is 46.6 Å². The van der Waals surface area contributed by atoms with Crippen LogP contribution in [-0.4, -0.2) is 18.9 Å². The Labute approximate surface area is 142 Å². The van der Waals surface area contributed by atoms with Crippen molar-refractivity contribution in [3.8, 4) is 5.75 Å². The van der Waals surface area contributed by atoms with Gasteiger partial charge < -0.3 is 4.74 Å². The predicted octanol–water partition coefficient (Wildman–Crippen LogP) is 3.93. The maximum absolute atomic E-state index is 13.0. The number of imide groups is 1. The van der Waals surface area contributed by atoms with Gasteiger partial charge in [-0.05, 0) is 43.5 Å². The van der Waals surface area contributed by atoms with Gasteiger partial charge in [-0.25, -0.2) is 4.90 Å². The zero-order valence-corrected chi connectivity index (χ0v) is 14.5. The van der Waals surface area contributed by atoms with Gasteiger partial charge in [-0.1, -0.05) is 31.5 Å². The van der Waals surface area contributed by atoms with Gasteiger partial charge in [0.15, 0.2) is 0 Å². The summed E-state index contributed by atoms with van der Waals surface area (Å²) in [4.78, 5) is 27.2. The molecule has 2 aromatic carbocycles. The molecule has 0 bridgehead atoms. The predicted molar refractivity (Wildman–Crippen MR) is 94.1 cm³/mol. The lowest BCUT2D eigenvalue weighted by Crippen LogP contribution is -2.31. The fraction of sp³-hybridized carbons (Fsp3) is 0.300. The summed E-state index contributed by atoms with van der Waals surface area (Å²) in [6.45, 7) is 5.94. The third kappa shape index (κ3) is 2.30. The lowest BCUT2D eigenvalue weighted by molar-refractivity contribution is 0.0925. The number of carbonyl (C=O) groups excluding carboxylic acids is 2. The molecular weight excluding hydrogens is 302 g/mol. The number of methoxy groups -OCH3 is 1. The summed E-state index contributed by atoms with van der Waals surface area (Å²) < 4.78 is 5.45. The second-order valence-electron chi connectivity index (χ2n) is 5.96. The normalized spacial score (nSPS) is 13.4. The van der Waals surface area contributed by atoms with E-state index in [0.717, 1.165) is 23.1 Å². The molecule has 3 rings (SSSR count). The van der Waals surface area contributed by atoms with Crippen LogP contribution in [0.4, 0.5) is 5.69 Å². The molecule has 4 heteroatoms. The molecule has 2 aromatic rings. The molecule has 1 heterocycles. The first-order valence-electron chi connectivity index (χ1n) is 8.21. The summed E-state index contributed by atoms with van der Waals surface area (Å²) in [6, 6.07) is 9.22. The van der Waals surface area contributed by atoms with Crippen LogP contribution in [0.25, 0.3) is 0 Å². The summed E-state index contributed by atoms with van der Waals surface area (Å²) in [5, 5.41) is 0. The Hall–Kier alpha value is -2.62. The standard InChI is InChI=1S/C20H21NO3/c1-5-13-8-10-17(24-4)14(6-2)18(13)21-19(22)15-9-7-12(3)11-16(15)20(21)23/h7-11H,5-6H2,1-4H3. The maximum Gasteiger partial charge on any atom is 0.266 e. The van der Waals surface area contributed by atoms with Gasteiger partial charge in [0.2, 0.25) is 0 Å². The zero-order valence-electron chi connectivity index (χ0n) is 14.5. The van der Waals surface area contributed by atoms with Crippen molar-refractivity contribution in [2.45, 2.75) is 33.6 Å². The van der Waals surface area contributed by atoms with Gasteiger partial charge in [-0.2, -0.15) is 0 Å². The van der Waals surface area contributed by atoms with Crippen LogP contribution in [0.1, 0.15) is 51.3 Å². The number of aryl methyl sites for hydroxylation is 2. The first kappa shape index (κ1) is 16.2. The van der Waals surface area contributed by atoms with Gasteiger partial charge in [-0.15, -0.1) is 0 Å². The smallest absolute Gasteiger partial charge is 0.266 e. The maximum atomic E-state index is 13.0. The Kier molecular flexibility index (Phi) is 4.14. The van der Waals surface area contributed by atoms with E-state index < -0.39 is 0 Å². The Bertz CT molecular complexity index is 839. The molecular formula is C20H21NO3. The number of rotatable bonds is 4. The van der Waals surface area contributed by atoms with Crippen molar-refractivity contribution >= 4 is 17.5 Å². The molecule has 0 saturated carbocycles. The van der Waals surface area contributed by atoms with E-state index in [2.05, 4.69) is 0 Å². The average molecular weight is 323 g/mol. The van der Waals surface area contributed by atoms with Gasteiger partial charge in [0.05, 0.1) is 23.9 Å². The largest absolute Gasteiger partial charge is 0.496 e. The summed E-state index contributed by atoms with van der Waals surface area (Å²) >= 11 is 0. The third-order valence-electron chi connectivity index (χ3n) is 4.54. The number of benzene rings is 2. The molecule has 1 aliphatic heterocycles. The molecule has 0 radical (unpaired) electrons. The second-order valence-corrected chi connectivity index (χ2v) is 5.96. The van der Waals surface area contributed by atoms with E-state index in [-0.39, 0.29) is 11.8 Å². The molecule has 124 valence electrons. The van der Waals surface area contributed by atoms with E-state index in [4.69, 9.17) is 4.74 Å². The molecule has 0 fully saturated rings. The molecule has 0 atom stereocenters. The molecule has 0 saturated heterocycles. The molecule has 4 nitrogen and oxygen atoms in total. The van der Waals surface area contributed by atoms with E-state index >= 15 is 0 Å². The Morgan fingerprint density at radius 1 is 0.958 bits per heavy atom. The minimum absolute atomic E-state index is 0.253. The summed E-state index contributed by atoms with van der Waals surface area (Å²) in [6.07, 6.45) is 1.41. The van der Waals surface area contributed by atoms with Crippen molar-refractivity contribution in [1.29, 1.82) is 0 Å². The van der Waals surface area contributed by atoms with Gasteiger partial charge in [0.25, 0.3) is 11.8 Å². The molecule has 0 aromatic heterocycles. The summed E-state index contributed by atoms with van der Waals surface area (Å²) in [7, 11) is 1.61. The minimum Gasteiger partial charge on any atom is -0.496 e. The van der Waals surface area contributed by atoms with E-state index in [1.165, 1.54) is 4.90 Å². The summed E-state index contributed by atoms with van der Waals surface area (Å²) in [5.74, 6) is 0.196. The Morgan fingerprint density at radius 2 is 1.67 bits per heavy atom. The highest BCUT2D eigenvalue weighted by molar-refractivity contribution is 6.35. The van der Waals surface area contributed by atoms with Gasteiger partial charge >= 0.3 is 0 Å². The molecule has 0 N–H and O–H groups in total. The van der Waals surface area contributed by atoms with Crippen LogP contribution in [0.3, 0.4) is 0 Å². The molecule has 0 spiro atoms. The second kappa shape index (κ2) is 6.11. The minimum atomic E-state index is -0.257. The van der Waals surface area contributed by atoms with Crippen LogP contribution in [0.5, 0.6) is 5.75 Å². The highest BCUT2D eigenvalue weighted by Gasteiger charge is 2.38. The monoisotopic (exact) mass is 323 g/mol. The average Bonchev–Trinajstić information content (AvgIpc) is 2.83. The van der Waals surface area contributed by atoms with E-state index in [0.29, 0.717) is 29.0 Å². The number of hydrogen-bond donors (Lipinski definition) is 0. The van der Waals surface area contributed by atoms with E-state index in [1.54, 1.807) is 19.2 Å². The Balaban J connectivity index is 2.23. The third-order valence-corrected chi connectivity index (χ3v) is 4.54. The summed E-state index contributed by atoms with van der Waals surface area (Å²) in [5.41, 5.74) is 4.46. The van der Waals surface area contributed by atoms with Crippen LogP contribution >= 0.6 is 0 Å². The number of ether oxygens (including phenoxy) is 1. The fourth-order valence-electron chi connectivity index (χ4n) is 3.32. The number of hydrogen-bond acceptors (Lipinski definition) is 3. The number of anilines is 1. The molecule has 24 heavy (non-hydrogen) atoms. The first-order valence-corrected chi connectivity index (χ1v) is 8.21. The van der Waals surface area contributed by atoms with E-state index in [9.17, 15) is 9.59 Å². The number of amides is 2. The lowest BCUT2D eigenvalue weighted by atomic mass is 10.0. The molecule has 2 amide bonds. The van der Waals surface area contributed by atoms with Gasteiger partial charge in [0.1, 0.15) is 5.75 Å².